The van der Waals surface area contributed by atoms with Crippen LogP contribution in [0.1, 0.15) is 11.1 Å². The maximum Gasteiger partial charge on any atom is 0.291 e. The first-order valence-corrected chi connectivity index (χ1v) is 9.28. The minimum absolute atomic E-state index is 0.446. The highest BCUT2D eigenvalue weighted by atomic mass is 16.5. The third-order valence-electron chi connectivity index (χ3n) is 5.39. The Bertz CT molecular complexity index is 1150. The molecule has 0 atom stereocenters. The molecule has 1 aliphatic rings. The molecule has 0 amide bonds. The van der Waals surface area contributed by atoms with Gasteiger partial charge < -0.3 is 14.2 Å². The van der Waals surface area contributed by atoms with Crippen LogP contribution >= 0.6 is 0 Å². The highest BCUT2D eigenvalue weighted by molar-refractivity contribution is 5.82. The summed E-state index contributed by atoms with van der Waals surface area (Å²) in [6, 6.07) is 15.9. The summed E-state index contributed by atoms with van der Waals surface area (Å²) in [5, 5.41) is 9.85. The van der Waals surface area contributed by atoms with Crippen molar-refractivity contribution in [3.63, 3.8) is 0 Å². The number of para-hydroxylation sites is 1. The Hall–Kier alpha value is -3.72. The number of hydrogen-bond acceptors (Lipinski definition) is 5. The number of hydrogen-bond donors (Lipinski definition) is 1. The van der Waals surface area contributed by atoms with Gasteiger partial charge in [-0.1, -0.05) is 18.2 Å². The van der Waals surface area contributed by atoms with E-state index in [2.05, 4.69) is 6.07 Å². The van der Waals surface area contributed by atoms with Crippen LogP contribution < -0.4 is 24.5 Å². The van der Waals surface area contributed by atoms with Gasteiger partial charge in [-0.15, -0.1) is 0 Å². The number of aryl methyl sites for hydroxylation is 1. The van der Waals surface area contributed by atoms with Crippen molar-refractivity contribution in [2.24, 2.45) is 0 Å². The number of anilines is 1. The maximum atomic E-state index is 9.85. The lowest BCUT2D eigenvalue weighted by atomic mass is 9.92. The van der Waals surface area contributed by atoms with Crippen LogP contribution in [0.25, 0.3) is 22.4 Å². The molecule has 6 nitrogen and oxygen atoms in total. The first kappa shape index (κ1) is 18.6. The van der Waals surface area contributed by atoms with Gasteiger partial charge in [0.1, 0.15) is 23.1 Å². The molecule has 2 heterocycles. The van der Waals surface area contributed by atoms with Crippen LogP contribution in [-0.4, -0.2) is 21.3 Å². The first-order chi connectivity index (χ1) is 14.1. The Morgan fingerprint density at radius 2 is 1.59 bits per heavy atom. The number of aromatic nitrogens is 1. The van der Waals surface area contributed by atoms with Gasteiger partial charge in [0, 0.05) is 23.1 Å². The van der Waals surface area contributed by atoms with E-state index in [0.717, 1.165) is 34.4 Å². The van der Waals surface area contributed by atoms with E-state index < -0.39 is 0 Å². The molecule has 0 saturated carbocycles. The van der Waals surface area contributed by atoms with Crippen molar-refractivity contribution < 1.29 is 18.8 Å². The number of methoxy groups -OCH3 is 3. The lowest BCUT2D eigenvalue weighted by Crippen LogP contribution is -2.44. The van der Waals surface area contributed by atoms with Crippen LogP contribution in [0.3, 0.4) is 0 Å². The van der Waals surface area contributed by atoms with Gasteiger partial charge in [-0.3, -0.25) is 5.73 Å². The minimum Gasteiger partial charge on any atom is -0.496 e. The molecule has 0 aliphatic carbocycles. The Morgan fingerprint density at radius 3 is 2.28 bits per heavy atom. The summed E-state index contributed by atoms with van der Waals surface area (Å²) in [7, 11) is 4.87. The van der Waals surface area contributed by atoms with Crippen LogP contribution in [0, 0.1) is 11.3 Å². The zero-order valence-electron chi connectivity index (χ0n) is 16.7. The van der Waals surface area contributed by atoms with Crippen molar-refractivity contribution in [1.82, 2.24) is 0 Å². The highest BCUT2D eigenvalue weighted by Crippen LogP contribution is 2.40. The predicted molar refractivity (Wildman–Crippen MR) is 110 cm³/mol. The first-order valence-electron chi connectivity index (χ1n) is 9.28. The van der Waals surface area contributed by atoms with Crippen molar-refractivity contribution in [2.75, 3.05) is 27.1 Å². The Morgan fingerprint density at radius 1 is 0.897 bits per heavy atom. The number of nitrogens with zero attached hydrogens (tertiary/aromatic N) is 2. The van der Waals surface area contributed by atoms with E-state index in [-0.39, 0.29) is 0 Å². The molecule has 6 heteroatoms. The van der Waals surface area contributed by atoms with Gasteiger partial charge in [0.05, 0.1) is 27.9 Å². The van der Waals surface area contributed by atoms with Gasteiger partial charge in [-0.25, -0.2) is 4.57 Å². The Balaban J connectivity index is 2.02. The van der Waals surface area contributed by atoms with E-state index >= 15 is 0 Å². The van der Waals surface area contributed by atoms with E-state index in [9.17, 15) is 5.26 Å². The zero-order valence-corrected chi connectivity index (χ0v) is 16.7. The number of nitrogen functional groups attached to an aromatic ring is 1. The summed E-state index contributed by atoms with van der Waals surface area (Å²) in [4.78, 5) is 0. The molecule has 0 spiro atoms. The van der Waals surface area contributed by atoms with Crippen LogP contribution in [0.15, 0.2) is 42.5 Å². The molecule has 0 radical (unpaired) electrons. The third-order valence-corrected chi connectivity index (χ3v) is 5.39. The second-order valence-electron chi connectivity index (χ2n) is 6.78. The zero-order chi connectivity index (χ0) is 20.5. The number of rotatable bonds is 4. The molecule has 0 bridgehead atoms. The van der Waals surface area contributed by atoms with E-state index in [0.29, 0.717) is 35.2 Å². The second kappa shape index (κ2) is 7.36. The summed E-state index contributed by atoms with van der Waals surface area (Å²) in [5.41, 5.74) is 11.6. The summed E-state index contributed by atoms with van der Waals surface area (Å²) >= 11 is 0. The van der Waals surface area contributed by atoms with Crippen LogP contribution in [0.4, 0.5) is 5.82 Å². The fourth-order valence-corrected chi connectivity index (χ4v) is 3.95. The average Bonchev–Trinajstić information content (AvgIpc) is 2.77. The van der Waals surface area contributed by atoms with Crippen molar-refractivity contribution in [3.05, 3.63) is 53.6 Å². The van der Waals surface area contributed by atoms with E-state index in [1.54, 1.807) is 21.3 Å². The van der Waals surface area contributed by atoms with Crippen LogP contribution in [0.5, 0.6) is 17.2 Å². The number of nitrogens with two attached hydrogens (primary N) is 1. The normalized spacial score (nSPS) is 11.8. The van der Waals surface area contributed by atoms with Gasteiger partial charge >= 0.3 is 0 Å². The van der Waals surface area contributed by atoms with E-state index in [4.69, 9.17) is 19.9 Å². The molecule has 0 saturated heterocycles. The van der Waals surface area contributed by atoms with E-state index in [1.165, 1.54) is 0 Å². The van der Waals surface area contributed by atoms with Gasteiger partial charge in [0.25, 0.3) is 5.82 Å². The maximum absolute atomic E-state index is 9.85. The van der Waals surface area contributed by atoms with Crippen molar-refractivity contribution in [1.29, 1.82) is 5.26 Å². The molecule has 1 aromatic heterocycles. The second-order valence-corrected chi connectivity index (χ2v) is 6.78. The molecular weight excluding hydrogens is 366 g/mol. The summed E-state index contributed by atoms with van der Waals surface area (Å²) < 4.78 is 18.5. The van der Waals surface area contributed by atoms with Crippen molar-refractivity contribution in [2.45, 2.75) is 13.0 Å². The number of ether oxygens (including phenoxy) is 3. The van der Waals surface area contributed by atoms with Gasteiger partial charge in [-0.05, 0) is 29.8 Å². The quantitative estimate of drug-likeness (QED) is 0.693. The molecule has 146 valence electrons. The Kier molecular flexibility index (Phi) is 4.73. The molecule has 2 aromatic carbocycles. The lowest BCUT2D eigenvalue weighted by molar-refractivity contribution is -0.673. The number of fused-ring (bicyclic) bond motifs is 3. The summed E-state index contributed by atoms with van der Waals surface area (Å²) in [6.07, 6.45) is 0.788. The molecule has 0 unspecified atom stereocenters. The molecule has 0 fully saturated rings. The molecule has 2 N–H and O–H groups in total. The average molecular weight is 388 g/mol. The van der Waals surface area contributed by atoms with Crippen molar-refractivity contribution in [3.8, 4) is 45.7 Å². The number of pyridine rings is 1. The standard InChI is InChI=1S/C23H21N3O3/c1-27-20-7-5-4-6-15(20)17-11-19-16-12-22(29-3)21(28-2)10-14(16)8-9-26(19)23(25)18(17)13-24/h4-7,10-12,25H,8-9H2,1-3H3/p+1. The molecule has 29 heavy (non-hydrogen) atoms. The molecule has 3 aromatic rings. The molecular formula is C23H22N3O3+. The smallest absolute Gasteiger partial charge is 0.291 e. The fraction of sp³-hybridized carbons (Fsp3) is 0.217. The third kappa shape index (κ3) is 2.92. The highest BCUT2D eigenvalue weighted by Gasteiger charge is 2.29. The minimum atomic E-state index is 0.446. The van der Waals surface area contributed by atoms with Crippen LogP contribution in [0.2, 0.25) is 0 Å². The Labute approximate surface area is 169 Å². The van der Waals surface area contributed by atoms with Gasteiger partial charge in [0.2, 0.25) is 0 Å². The van der Waals surface area contributed by atoms with Gasteiger partial charge in [0.15, 0.2) is 11.5 Å². The largest absolute Gasteiger partial charge is 0.496 e. The molecule has 4 rings (SSSR count). The van der Waals surface area contributed by atoms with Crippen LogP contribution in [-0.2, 0) is 13.0 Å². The summed E-state index contributed by atoms with van der Waals surface area (Å²) in [5.74, 6) is 2.50. The number of nitriles is 1. The number of benzene rings is 2. The monoisotopic (exact) mass is 388 g/mol. The van der Waals surface area contributed by atoms with Crippen molar-refractivity contribution >= 4 is 5.82 Å². The predicted octanol–water partition coefficient (Wildman–Crippen LogP) is 3.34. The lowest BCUT2D eigenvalue weighted by Gasteiger charge is -2.22. The topological polar surface area (TPSA) is 81.4 Å². The van der Waals surface area contributed by atoms with Gasteiger partial charge in [-0.2, -0.15) is 5.26 Å². The van der Waals surface area contributed by atoms with E-state index in [1.807, 2.05) is 47.0 Å². The SMILES string of the molecule is COc1cc2c(cc1OC)-c1cc(-c3ccccc3OC)c(C#N)c(N)[n+]1CC2. The summed E-state index contributed by atoms with van der Waals surface area (Å²) in [6.45, 7) is 0.685. The molecule has 1 aliphatic heterocycles. The fourth-order valence-electron chi connectivity index (χ4n) is 3.95.